The summed E-state index contributed by atoms with van der Waals surface area (Å²) in [4.78, 5) is 15.3. The van der Waals surface area contributed by atoms with Crippen molar-refractivity contribution in [2.45, 2.75) is 31.4 Å². The molecule has 3 atom stereocenters. The molecular formula is C25H25F2N3O3. The molecule has 3 aromatic rings. The molecule has 0 unspecified atom stereocenters. The number of aromatic nitrogens is 1. The van der Waals surface area contributed by atoms with E-state index in [-0.39, 0.29) is 29.2 Å². The summed E-state index contributed by atoms with van der Waals surface area (Å²) < 4.78 is 34.7. The maximum atomic E-state index is 14.5. The molecule has 6 nitrogen and oxygen atoms in total. The standard InChI is InChI=1S/C25H25F2N3O3/c1-15(18-10-17(11-23(31)32)19(26)12-20(18)27)13-30-24(16-6-3-2-4-7-16)22-14-29-21-8-5-9-28-25(21)33-22/h2-10,12,15,22,24,29-30H,11,13-14H2,1H3,(H,31,32)/t15-,22+,24+/m0/s1. The molecular weight excluding hydrogens is 428 g/mol. The highest BCUT2D eigenvalue weighted by Crippen LogP contribution is 2.31. The molecule has 1 aromatic heterocycles. The minimum atomic E-state index is -1.17. The van der Waals surface area contributed by atoms with Crippen molar-refractivity contribution < 1.29 is 23.4 Å². The number of carboxylic acid groups (broad SMARTS) is 1. The Morgan fingerprint density at radius 2 is 2.00 bits per heavy atom. The molecule has 2 aromatic carbocycles. The summed E-state index contributed by atoms with van der Waals surface area (Å²) in [5, 5.41) is 15.8. The molecule has 0 saturated heterocycles. The van der Waals surface area contributed by atoms with Crippen molar-refractivity contribution in [2.75, 3.05) is 18.4 Å². The van der Waals surface area contributed by atoms with E-state index in [1.165, 1.54) is 6.07 Å². The van der Waals surface area contributed by atoms with Gasteiger partial charge in [0, 0.05) is 18.8 Å². The van der Waals surface area contributed by atoms with Crippen LogP contribution in [0.15, 0.2) is 60.8 Å². The van der Waals surface area contributed by atoms with Crippen molar-refractivity contribution in [3.8, 4) is 5.88 Å². The summed E-state index contributed by atoms with van der Waals surface area (Å²) in [6.07, 6.45) is 0.893. The fourth-order valence-corrected chi connectivity index (χ4v) is 4.03. The van der Waals surface area contributed by atoms with E-state index in [1.54, 1.807) is 6.20 Å². The predicted molar refractivity (Wildman–Crippen MR) is 120 cm³/mol. The molecule has 1 aliphatic heterocycles. The molecule has 0 amide bonds. The zero-order chi connectivity index (χ0) is 23.4. The van der Waals surface area contributed by atoms with Crippen molar-refractivity contribution in [2.24, 2.45) is 0 Å². The van der Waals surface area contributed by atoms with E-state index in [0.717, 1.165) is 17.3 Å². The molecule has 8 heteroatoms. The lowest BCUT2D eigenvalue weighted by atomic mass is 9.95. The van der Waals surface area contributed by atoms with Crippen LogP contribution in [-0.2, 0) is 11.2 Å². The van der Waals surface area contributed by atoms with Crippen molar-refractivity contribution in [1.29, 1.82) is 0 Å². The van der Waals surface area contributed by atoms with Crippen LogP contribution >= 0.6 is 0 Å². The van der Waals surface area contributed by atoms with Gasteiger partial charge in [-0.05, 0) is 40.8 Å². The van der Waals surface area contributed by atoms with Gasteiger partial charge in [-0.1, -0.05) is 37.3 Å². The Kier molecular flexibility index (Phi) is 6.84. The maximum Gasteiger partial charge on any atom is 0.307 e. The molecule has 0 spiro atoms. The number of rotatable bonds is 8. The van der Waals surface area contributed by atoms with E-state index in [1.807, 2.05) is 49.4 Å². The number of pyridine rings is 1. The van der Waals surface area contributed by atoms with Crippen LogP contribution in [-0.4, -0.2) is 35.3 Å². The lowest BCUT2D eigenvalue weighted by Crippen LogP contribution is -2.43. The number of nitrogens with zero attached hydrogens (tertiary/aromatic N) is 1. The molecule has 33 heavy (non-hydrogen) atoms. The molecule has 172 valence electrons. The number of carbonyl (C=O) groups is 1. The Morgan fingerprint density at radius 1 is 1.21 bits per heavy atom. The number of benzene rings is 2. The average molecular weight is 453 g/mol. The smallest absolute Gasteiger partial charge is 0.307 e. The van der Waals surface area contributed by atoms with Gasteiger partial charge in [0.1, 0.15) is 17.7 Å². The molecule has 2 heterocycles. The molecule has 1 aliphatic rings. The van der Waals surface area contributed by atoms with E-state index >= 15 is 0 Å². The van der Waals surface area contributed by atoms with Gasteiger partial charge in [-0.2, -0.15) is 0 Å². The highest BCUT2D eigenvalue weighted by Gasteiger charge is 2.30. The summed E-state index contributed by atoms with van der Waals surface area (Å²) in [5.41, 5.74) is 2.06. The zero-order valence-corrected chi connectivity index (χ0v) is 18.1. The van der Waals surface area contributed by atoms with Crippen LogP contribution in [0.25, 0.3) is 0 Å². The van der Waals surface area contributed by atoms with E-state index in [4.69, 9.17) is 9.84 Å². The van der Waals surface area contributed by atoms with Crippen molar-refractivity contribution in [1.82, 2.24) is 10.3 Å². The fraction of sp³-hybridized carbons (Fsp3) is 0.280. The van der Waals surface area contributed by atoms with Gasteiger partial charge in [-0.3, -0.25) is 4.79 Å². The third kappa shape index (κ3) is 5.28. The molecule has 3 N–H and O–H groups in total. The van der Waals surface area contributed by atoms with Crippen molar-refractivity contribution >= 4 is 11.7 Å². The second kappa shape index (κ2) is 9.95. The topological polar surface area (TPSA) is 83.5 Å². The van der Waals surface area contributed by atoms with E-state index in [0.29, 0.717) is 19.0 Å². The maximum absolute atomic E-state index is 14.5. The molecule has 0 aliphatic carbocycles. The first-order chi connectivity index (χ1) is 15.9. The summed E-state index contributed by atoms with van der Waals surface area (Å²) in [5.74, 6) is -2.54. The molecule has 0 radical (unpaired) electrons. The monoisotopic (exact) mass is 453 g/mol. The minimum Gasteiger partial charge on any atom is -0.481 e. The van der Waals surface area contributed by atoms with Gasteiger partial charge in [0.05, 0.1) is 24.7 Å². The lowest BCUT2D eigenvalue weighted by molar-refractivity contribution is -0.136. The molecule has 0 saturated carbocycles. The number of ether oxygens (including phenoxy) is 1. The Labute approximate surface area is 190 Å². The quantitative estimate of drug-likeness (QED) is 0.472. The number of anilines is 1. The van der Waals surface area contributed by atoms with Gasteiger partial charge in [0.25, 0.3) is 0 Å². The van der Waals surface area contributed by atoms with Gasteiger partial charge in [0.2, 0.25) is 5.88 Å². The van der Waals surface area contributed by atoms with Crippen LogP contribution in [0.3, 0.4) is 0 Å². The first kappa shape index (κ1) is 22.7. The number of carboxylic acids is 1. The van der Waals surface area contributed by atoms with E-state index in [9.17, 15) is 13.6 Å². The molecule has 0 bridgehead atoms. The second-order valence-electron chi connectivity index (χ2n) is 8.13. The van der Waals surface area contributed by atoms with Crippen LogP contribution in [0.5, 0.6) is 5.88 Å². The minimum absolute atomic E-state index is 0.0344. The third-order valence-corrected chi connectivity index (χ3v) is 5.74. The van der Waals surface area contributed by atoms with E-state index in [2.05, 4.69) is 15.6 Å². The van der Waals surface area contributed by atoms with Crippen molar-refractivity contribution in [3.05, 3.63) is 89.1 Å². The Balaban J connectivity index is 1.54. The highest BCUT2D eigenvalue weighted by molar-refractivity contribution is 5.70. The Bertz CT molecular complexity index is 1130. The van der Waals surface area contributed by atoms with Gasteiger partial charge >= 0.3 is 5.97 Å². The van der Waals surface area contributed by atoms with E-state index < -0.39 is 24.0 Å². The molecule has 0 fully saturated rings. The summed E-state index contributed by atoms with van der Waals surface area (Å²) in [7, 11) is 0. The predicted octanol–water partition coefficient (Wildman–Crippen LogP) is 4.29. The average Bonchev–Trinajstić information content (AvgIpc) is 2.81. The first-order valence-corrected chi connectivity index (χ1v) is 10.8. The number of aliphatic carboxylic acids is 1. The highest BCUT2D eigenvalue weighted by atomic mass is 19.1. The van der Waals surface area contributed by atoms with Gasteiger partial charge < -0.3 is 20.5 Å². The second-order valence-corrected chi connectivity index (χ2v) is 8.13. The van der Waals surface area contributed by atoms with Crippen LogP contribution in [0.2, 0.25) is 0 Å². The SMILES string of the molecule is C[C@@H](CN[C@H](c1ccccc1)[C@H]1CNc2cccnc2O1)c1cc(CC(=O)O)c(F)cc1F. The largest absolute Gasteiger partial charge is 0.481 e. The number of fused-ring (bicyclic) bond motifs is 1. The first-order valence-electron chi connectivity index (χ1n) is 10.8. The third-order valence-electron chi connectivity index (χ3n) is 5.74. The lowest BCUT2D eigenvalue weighted by Gasteiger charge is -2.33. The van der Waals surface area contributed by atoms with Gasteiger partial charge in [-0.25, -0.2) is 13.8 Å². The normalized spacial score (nSPS) is 16.8. The summed E-state index contributed by atoms with van der Waals surface area (Å²) in [6, 6.07) is 15.4. The van der Waals surface area contributed by atoms with Gasteiger partial charge in [0.15, 0.2) is 0 Å². The van der Waals surface area contributed by atoms with Crippen molar-refractivity contribution in [3.63, 3.8) is 0 Å². The van der Waals surface area contributed by atoms with Crippen LogP contribution < -0.4 is 15.4 Å². The molecule has 4 rings (SSSR count). The van der Waals surface area contributed by atoms with Crippen LogP contribution in [0.4, 0.5) is 14.5 Å². The number of halogens is 2. The zero-order valence-electron chi connectivity index (χ0n) is 18.1. The fourth-order valence-electron chi connectivity index (χ4n) is 4.03. The summed E-state index contributed by atoms with van der Waals surface area (Å²) in [6.45, 7) is 2.73. The number of hydrogen-bond donors (Lipinski definition) is 3. The number of nitrogens with one attached hydrogen (secondary N) is 2. The van der Waals surface area contributed by atoms with Gasteiger partial charge in [-0.15, -0.1) is 0 Å². The van der Waals surface area contributed by atoms with Crippen LogP contribution in [0.1, 0.15) is 35.6 Å². The van der Waals surface area contributed by atoms with Crippen LogP contribution in [0, 0.1) is 11.6 Å². The summed E-state index contributed by atoms with van der Waals surface area (Å²) >= 11 is 0. The Hall–Kier alpha value is -3.52. The number of hydrogen-bond acceptors (Lipinski definition) is 5. The Morgan fingerprint density at radius 3 is 2.76 bits per heavy atom.